The van der Waals surface area contributed by atoms with Crippen LogP contribution >= 0.6 is 11.3 Å². The van der Waals surface area contributed by atoms with Crippen molar-refractivity contribution in [3.8, 4) is 0 Å². The normalized spacial score (nSPS) is 17.8. The third-order valence-corrected chi connectivity index (χ3v) is 5.16. The molecular weight excluding hydrogens is 312 g/mol. The number of aryl methyl sites for hydroxylation is 2. The Hall–Kier alpha value is -2.15. The van der Waals surface area contributed by atoms with Gasteiger partial charge >= 0.3 is 0 Å². The van der Waals surface area contributed by atoms with Crippen molar-refractivity contribution in [3.05, 3.63) is 33.8 Å². The van der Waals surface area contributed by atoms with Crippen molar-refractivity contribution >= 4 is 28.8 Å². The number of carbonyl (C=O) groups excluding carboxylic acids is 2. The van der Waals surface area contributed by atoms with Gasteiger partial charge in [0.15, 0.2) is 0 Å². The number of hydrogen-bond acceptors (Lipinski definition) is 4. The number of hydrogen-bond donors (Lipinski definition) is 1. The van der Waals surface area contributed by atoms with Crippen LogP contribution in [0.4, 0.5) is 5.69 Å². The van der Waals surface area contributed by atoms with Gasteiger partial charge in [-0.2, -0.15) is 5.10 Å². The first-order valence-electron chi connectivity index (χ1n) is 7.60. The number of carbonyl (C=O) groups is 2. The number of thiophene rings is 1. The van der Waals surface area contributed by atoms with Crippen LogP contribution in [0.1, 0.15) is 29.1 Å². The molecule has 1 aliphatic heterocycles. The molecular formula is C16H20N4O2S. The predicted molar refractivity (Wildman–Crippen MR) is 89.2 cm³/mol. The van der Waals surface area contributed by atoms with Gasteiger partial charge < -0.3 is 10.2 Å². The van der Waals surface area contributed by atoms with Crippen LogP contribution in [0.25, 0.3) is 0 Å². The highest BCUT2D eigenvalue weighted by Gasteiger charge is 2.36. The molecule has 0 unspecified atom stereocenters. The number of aromatic nitrogens is 2. The molecule has 2 aromatic heterocycles. The molecule has 1 saturated heterocycles. The fraction of sp³-hybridized carbons (Fsp3) is 0.438. The maximum Gasteiger partial charge on any atom is 0.247 e. The average molecular weight is 332 g/mol. The van der Waals surface area contributed by atoms with Crippen LogP contribution in [-0.4, -0.2) is 32.5 Å². The molecule has 3 heterocycles. The third kappa shape index (κ3) is 3.01. The monoisotopic (exact) mass is 332 g/mol. The van der Waals surface area contributed by atoms with Gasteiger partial charge in [-0.05, 0) is 31.7 Å². The molecule has 1 fully saturated rings. The van der Waals surface area contributed by atoms with Gasteiger partial charge in [0.2, 0.25) is 11.8 Å². The summed E-state index contributed by atoms with van der Waals surface area (Å²) in [5.74, 6) is -0.0928. The largest absolute Gasteiger partial charge is 0.326 e. The molecule has 1 atom stereocenters. The molecule has 0 aromatic carbocycles. The first-order chi connectivity index (χ1) is 11.0. The van der Waals surface area contributed by atoms with Crippen molar-refractivity contribution in [2.45, 2.75) is 39.3 Å². The highest BCUT2D eigenvalue weighted by atomic mass is 32.1. The van der Waals surface area contributed by atoms with Gasteiger partial charge in [0.25, 0.3) is 0 Å². The van der Waals surface area contributed by atoms with E-state index in [1.165, 1.54) is 0 Å². The Bertz CT molecular complexity index is 736. The van der Waals surface area contributed by atoms with E-state index >= 15 is 0 Å². The lowest BCUT2D eigenvalue weighted by Gasteiger charge is -2.23. The number of amides is 2. The van der Waals surface area contributed by atoms with Crippen LogP contribution in [0.5, 0.6) is 0 Å². The minimum Gasteiger partial charge on any atom is -0.326 e. The topological polar surface area (TPSA) is 67.2 Å². The van der Waals surface area contributed by atoms with Crippen LogP contribution < -0.4 is 5.32 Å². The summed E-state index contributed by atoms with van der Waals surface area (Å²) in [5.41, 5.74) is 2.44. The third-order valence-electron chi connectivity index (χ3n) is 4.29. The highest BCUT2D eigenvalue weighted by molar-refractivity contribution is 7.09. The molecule has 0 aliphatic carbocycles. The smallest absolute Gasteiger partial charge is 0.247 e. The average Bonchev–Trinajstić information content (AvgIpc) is 3.19. The molecule has 0 spiro atoms. The van der Waals surface area contributed by atoms with Crippen molar-refractivity contribution < 1.29 is 9.59 Å². The minimum absolute atomic E-state index is 0.0400. The number of nitrogens with zero attached hydrogens (tertiary/aromatic N) is 3. The van der Waals surface area contributed by atoms with Gasteiger partial charge in [0, 0.05) is 18.3 Å². The molecule has 2 amide bonds. The lowest BCUT2D eigenvalue weighted by Crippen LogP contribution is -2.41. The second-order valence-electron chi connectivity index (χ2n) is 5.81. The second-order valence-corrected chi connectivity index (χ2v) is 6.85. The van der Waals surface area contributed by atoms with E-state index in [1.807, 2.05) is 38.4 Å². The van der Waals surface area contributed by atoms with E-state index in [4.69, 9.17) is 0 Å². The standard InChI is InChI=1S/C16H20N4O2S/c1-10-15(11(2)19(3)18-10)17-16(22)13-6-7-14(21)20(13)9-12-5-4-8-23-12/h4-5,8,13H,6-7,9H2,1-3H3,(H,17,22)/t13-/m1/s1. The SMILES string of the molecule is Cc1nn(C)c(C)c1NC(=O)[C@H]1CCC(=O)N1Cc1cccs1. The van der Waals surface area contributed by atoms with Gasteiger partial charge in [0.1, 0.15) is 6.04 Å². The van der Waals surface area contributed by atoms with Crippen molar-refractivity contribution in [2.75, 3.05) is 5.32 Å². The summed E-state index contributed by atoms with van der Waals surface area (Å²) in [4.78, 5) is 27.6. The fourth-order valence-electron chi connectivity index (χ4n) is 2.94. The quantitative estimate of drug-likeness (QED) is 0.933. The fourth-order valence-corrected chi connectivity index (χ4v) is 3.64. The molecule has 0 radical (unpaired) electrons. The van der Waals surface area contributed by atoms with Crippen molar-refractivity contribution in [2.24, 2.45) is 7.05 Å². The summed E-state index contributed by atoms with van der Waals surface area (Å²) in [6.45, 7) is 4.28. The number of likely N-dealkylation sites (tertiary alicyclic amines) is 1. The van der Waals surface area contributed by atoms with Crippen LogP contribution in [0.3, 0.4) is 0 Å². The molecule has 122 valence electrons. The maximum absolute atomic E-state index is 12.7. The first-order valence-corrected chi connectivity index (χ1v) is 8.48. The lowest BCUT2D eigenvalue weighted by atomic mass is 10.2. The van der Waals surface area contributed by atoms with Gasteiger partial charge in [0.05, 0.1) is 23.6 Å². The lowest BCUT2D eigenvalue weighted by molar-refractivity contribution is -0.133. The minimum atomic E-state index is -0.413. The van der Waals surface area contributed by atoms with Gasteiger partial charge in [-0.15, -0.1) is 11.3 Å². The molecule has 1 N–H and O–H groups in total. The number of anilines is 1. The van der Waals surface area contributed by atoms with E-state index in [0.29, 0.717) is 19.4 Å². The van der Waals surface area contributed by atoms with Crippen LogP contribution in [0.15, 0.2) is 17.5 Å². The summed E-state index contributed by atoms with van der Waals surface area (Å²) < 4.78 is 1.74. The zero-order valence-corrected chi connectivity index (χ0v) is 14.3. The molecule has 2 aromatic rings. The van der Waals surface area contributed by atoms with E-state index in [1.54, 1.807) is 20.9 Å². The first kappa shape index (κ1) is 15.7. The Kier molecular flexibility index (Phi) is 4.21. The summed E-state index contributed by atoms with van der Waals surface area (Å²) in [7, 11) is 1.85. The molecule has 7 heteroatoms. The van der Waals surface area contributed by atoms with Crippen molar-refractivity contribution in [1.29, 1.82) is 0 Å². The zero-order chi connectivity index (χ0) is 16.6. The van der Waals surface area contributed by atoms with Gasteiger partial charge in [-0.25, -0.2) is 0 Å². The van der Waals surface area contributed by atoms with Crippen molar-refractivity contribution in [1.82, 2.24) is 14.7 Å². The Morgan fingerprint density at radius 2 is 2.26 bits per heavy atom. The molecule has 0 bridgehead atoms. The summed E-state index contributed by atoms with van der Waals surface area (Å²) in [6.07, 6.45) is 0.989. The summed E-state index contributed by atoms with van der Waals surface area (Å²) in [5, 5.41) is 9.25. The summed E-state index contributed by atoms with van der Waals surface area (Å²) >= 11 is 1.60. The van der Waals surface area contributed by atoms with E-state index in [-0.39, 0.29) is 11.8 Å². The predicted octanol–water partition coefficient (Wildman–Crippen LogP) is 2.23. The van der Waals surface area contributed by atoms with Gasteiger partial charge in [-0.1, -0.05) is 6.07 Å². The second kappa shape index (κ2) is 6.16. The molecule has 0 saturated carbocycles. The van der Waals surface area contributed by atoms with Crippen LogP contribution in [0.2, 0.25) is 0 Å². The Morgan fingerprint density at radius 3 is 2.87 bits per heavy atom. The van der Waals surface area contributed by atoms with E-state index in [9.17, 15) is 9.59 Å². The molecule has 3 rings (SSSR count). The Morgan fingerprint density at radius 1 is 1.48 bits per heavy atom. The van der Waals surface area contributed by atoms with Crippen LogP contribution in [-0.2, 0) is 23.2 Å². The number of rotatable bonds is 4. The van der Waals surface area contributed by atoms with Crippen LogP contribution in [0, 0.1) is 13.8 Å². The van der Waals surface area contributed by atoms with Gasteiger partial charge in [-0.3, -0.25) is 14.3 Å². The summed E-state index contributed by atoms with van der Waals surface area (Å²) in [6, 6.07) is 3.53. The van der Waals surface area contributed by atoms with E-state index in [0.717, 1.165) is 22.0 Å². The molecule has 1 aliphatic rings. The van der Waals surface area contributed by atoms with E-state index < -0.39 is 6.04 Å². The van der Waals surface area contributed by atoms with Crippen molar-refractivity contribution in [3.63, 3.8) is 0 Å². The molecule has 23 heavy (non-hydrogen) atoms. The Labute approximate surface area is 139 Å². The zero-order valence-electron chi connectivity index (χ0n) is 13.5. The highest BCUT2D eigenvalue weighted by Crippen LogP contribution is 2.26. The van der Waals surface area contributed by atoms with E-state index in [2.05, 4.69) is 10.4 Å². The molecule has 6 nitrogen and oxygen atoms in total. The Balaban J connectivity index is 1.76. The maximum atomic E-state index is 12.7. The number of nitrogens with one attached hydrogen (secondary N) is 1.